The largest absolute Gasteiger partial charge is 0.476 e. The summed E-state index contributed by atoms with van der Waals surface area (Å²) in [6.45, 7) is 0. The highest BCUT2D eigenvalue weighted by Gasteiger charge is 2.18. The first-order valence-electron chi connectivity index (χ1n) is 6.37. The van der Waals surface area contributed by atoms with Gasteiger partial charge in [-0.2, -0.15) is 0 Å². The number of carboxylic acid groups (broad SMARTS) is 1. The lowest BCUT2D eigenvalue weighted by Crippen LogP contribution is -2.20. The Hall–Kier alpha value is -2.11. The topological polar surface area (TPSA) is 97.8 Å². The van der Waals surface area contributed by atoms with Crippen LogP contribution in [0.25, 0.3) is 0 Å². The van der Waals surface area contributed by atoms with Crippen molar-refractivity contribution in [1.29, 1.82) is 0 Å². The molecule has 2 rings (SSSR count). The van der Waals surface area contributed by atoms with Crippen molar-refractivity contribution in [3.8, 4) is 0 Å². The predicted molar refractivity (Wildman–Crippen MR) is 70.8 cm³/mol. The van der Waals surface area contributed by atoms with Gasteiger partial charge in [-0.1, -0.05) is 17.6 Å². The summed E-state index contributed by atoms with van der Waals surface area (Å²) >= 11 is 0. The van der Waals surface area contributed by atoms with E-state index in [-0.39, 0.29) is 23.3 Å². The van der Waals surface area contributed by atoms with Crippen LogP contribution in [0, 0.1) is 0 Å². The average Bonchev–Trinajstić information content (AvgIpc) is 2.40. The molecule has 1 aromatic heterocycles. The average molecular weight is 263 g/mol. The Bertz CT molecular complexity index is 482. The first kappa shape index (κ1) is 13.3. The van der Waals surface area contributed by atoms with Crippen LogP contribution in [0.4, 0.5) is 5.82 Å². The van der Waals surface area contributed by atoms with Crippen molar-refractivity contribution in [2.75, 3.05) is 5.73 Å². The standard InChI is InChI=1S/C13H17N3O3/c14-11-8-4-7-10(15-11)12(13(17)18)16-19-9-5-2-1-3-6-9/h4,7-9H,1-3,5-6H2,(H2,14,15)(H,17,18)/b16-12+. The summed E-state index contributed by atoms with van der Waals surface area (Å²) in [6, 6.07) is 4.77. The third-order valence-electron chi connectivity index (χ3n) is 3.06. The SMILES string of the molecule is Nc1cccc(/C(=N\OC2CCCCC2)C(=O)O)n1. The highest BCUT2D eigenvalue weighted by molar-refractivity contribution is 6.41. The molecule has 1 aliphatic rings. The van der Waals surface area contributed by atoms with E-state index in [0.717, 1.165) is 25.7 Å². The van der Waals surface area contributed by atoms with Crippen LogP contribution in [0.2, 0.25) is 0 Å². The molecule has 0 amide bonds. The van der Waals surface area contributed by atoms with E-state index in [2.05, 4.69) is 10.1 Å². The Balaban J connectivity index is 2.13. The maximum atomic E-state index is 11.2. The van der Waals surface area contributed by atoms with Gasteiger partial charge in [-0.3, -0.25) is 0 Å². The van der Waals surface area contributed by atoms with E-state index in [9.17, 15) is 4.79 Å². The molecule has 19 heavy (non-hydrogen) atoms. The maximum absolute atomic E-state index is 11.2. The number of carbonyl (C=O) groups is 1. The summed E-state index contributed by atoms with van der Waals surface area (Å²) in [5.41, 5.74) is 5.54. The number of nitrogens with two attached hydrogens (primary N) is 1. The van der Waals surface area contributed by atoms with Crippen LogP contribution in [-0.4, -0.2) is 27.9 Å². The van der Waals surface area contributed by atoms with Crippen LogP contribution >= 0.6 is 0 Å². The molecule has 0 atom stereocenters. The second-order valence-corrected chi connectivity index (χ2v) is 4.56. The summed E-state index contributed by atoms with van der Waals surface area (Å²) < 4.78 is 0. The number of anilines is 1. The Morgan fingerprint density at radius 3 is 2.74 bits per heavy atom. The van der Waals surface area contributed by atoms with Gasteiger partial charge in [0.05, 0.1) is 0 Å². The van der Waals surface area contributed by atoms with Crippen molar-refractivity contribution in [3.05, 3.63) is 23.9 Å². The first-order chi connectivity index (χ1) is 9.16. The minimum atomic E-state index is -1.17. The molecule has 1 heterocycles. The molecule has 1 aliphatic carbocycles. The van der Waals surface area contributed by atoms with Gasteiger partial charge in [0.2, 0.25) is 5.71 Å². The first-order valence-corrected chi connectivity index (χ1v) is 6.37. The fourth-order valence-electron chi connectivity index (χ4n) is 2.08. The van der Waals surface area contributed by atoms with Crippen LogP contribution in [0.1, 0.15) is 37.8 Å². The zero-order chi connectivity index (χ0) is 13.7. The number of carboxylic acids is 1. The number of pyridine rings is 1. The molecule has 0 spiro atoms. The van der Waals surface area contributed by atoms with Gasteiger partial charge in [-0.25, -0.2) is 9.78 Å². The van der Waals surface area contributed by atoms with Gasteiger partial charge in [-0.05, 0) is 37.8 Å². The molecule has 3 N–H and O–H groups in total. The molecule has 6 heteroatoms. The highest BCUT2D eigenvalue weighted by atomic mass is 16.6. The van der Waals surface area contributed by atoms with Crippen LogP contribution in [0.3, 0.4) is 0 Å². The molecule has 6 nitrogen and oxygen atoms in total. The van der Waals surface area contributed by atoms with E-state index >= 15 is 0 Å². The maximum Gasteiger partial charge on any atom is 0.360 e. The minimum absolute atomic E-state index is 0.00385. The highest BCUT2D eigenvalue weighted by Crippen LogP contribution is 2.20. The summed E-state index contributed by atoms with van der Waals surface area (Å²) in [6.07, 6.45) is 5.23. The summed E-state index contributed by atoms with van der Waals surface area (Å²) in [5, 5.41) is 12.9. The Morgan fingerprint density at radius 1 is 1.37 bits per heavy atom. The molecule has 0 unspecified atom stereocenters. The lowest BCUT2D eigenvalue weighted by Gasteiger charge is -2.19. The fraction of sp³-hybridized carbons (Fsp3) is 0.462. The Morgan fingerprint density at radius 2 is 2.11 bits per heavy atom. The zero-order valence-electron chi connectivity index (χ0n) is 10.6. The lowest BCUT2D eigenvalue weighted by atomic mass is 9.98. The summed E-state index contributed by atoms with van der Waals surface area (Å²) in [4.78, 5) is 20.5. The summed E-state index contributed by atoms with van der Waals surface area (Å²) in [5.74, 6) is -0.918. The molecule has 0 aliphatic heterocycles. The van der Waals surface area contributed by atoms with Crippen molar-refractivity contribution in [1.82, 2.24) is 4.98 Å². The number of aromatic nitrogens is 1. The number of hydrogen-bond donors (Lipinski definition) is 2. The van der Waals surface area contributed by atoms with Crippen molar-refractivity contribution >= 4 is 17.5 Å². The van der Waals surface area contributed by atoms with Crippen molar-refractivity contribution in [3.63, 3.8) is 0 Å². The van der Waals surface area contributed by atoms with Crippen LogP contribution < -0.4 is 5.73 Å². The zero-order valence-corrected chi connectivity index (χ0v) is 10.6. The second-order valence-electron chi connectivity index (χ2n) is 4.56. The molecular formula is C13H17N3O3. The van der Waals surface area contributed by atoms with E-state index in [0.29, 0.717) is 0 Å². The van der Waals surface area contributed by atoms with Crippen LogP contribution in [0.15, 0.2) is 23.4 Å². The molecule has 1 aromatic rings. The van der Waals surface area contributed by atoms with Gasteiger partial charge >= 0.3 is 5.97 Å². The number of rotatable bonds is 4. The summed E-state index contributed by atoms with van der Waals surface area (Å²) in [7, 11) is 0. The van der Waals surface area contributed by atoms with E-state index in [4.69, 9.17) is 15.7 Å². The molecule has 0 radical (unpaired) electrons. The van der Waals surface area contributed by atoms with Gasteiger partial charge in [-0.15, -0.1) is 0 Å². The van der Waals surface area contributed by atoms with E-state index in [1.807, 2.05) is 0 Å². The van der Waals surface area contributed by atoms with Crippen molar-refractivity contribution < 1.29 is 14.7 Å². The van der Waals surface area contributed by atoms with Crippen molar-refractivity contribution in [2.24, 2.45) is 5.16 Å². The molecule has 0 saturated heterocycles. The molecular weight excluding hydrogens is 246 g/mol. The monoisotopic (exact) mass is 263 g/mol. The minimum Gasteiger partial charge on any atom is -0.476 e. The fourth-order valence-corrected chi connectivity index (χ4v) is 2.08. The van der Waals surface area contributed by atoms with Crippen LogP contribution in [-0.2, 0) is 9.63 Å². The Kier molecular flexibility index (Phi) is 4.33. The molecule has 0 aromatic carbocycles. The van der Waals surface area contributed by atoms with E-state index in [1.54, 1.807) is 18.2 Å². The Labute approximate surface area is 111 Å². The van der Waals surface area contributed by atoms with Crippen molar-refractivity contribution in [2.45, 2.75) is 38.2 Å². The van der Waals surface area contributed by atoms with Crippen LogP contribution in [0.5, 0.6) is 0 Å². The van der Waals surface area contributed by atoms with Gasteiger partial charge < -0.3 is 15.7 Å². The molecule has 102 valence electrons. The third-order valence-corrected chi connectivity index (χ3v) is 3.06. The second kappa shape index (κ2) is 6.17. The normalized spacial score (nSPS) is 17.2. The number of aliphatic carboxylic acids is 1. The van der Waals surface area contributed by atoms with Gasteiger partial charge in [0.25, 0.3) is 0 Å². The van der Waals surface area contributed by atoms with Gasteiger partial charge in [0.15, 0.2) is 0 Å². The number of nitrogens with zero attached hydrogens (tertiary/aromatic N) is 2. The molecule has 1 saturated carbocycles. The predicted octanol–water partition coefficient (Wildman–Crippen LogP) is 1.80. The lowest BCUT2D eigenvalue weighted by molar-refractivity contribution is -0.129. The van der Waals surface area contributed by atoms with Gasteiger partial charge in [0.1, 0.15) is 17.6 Å². The number of oxime groups is 1. The number of nitrogen functional groups attached to an aromatic ring is 1. The van der Waals surface area contributed by atoms with E-state index in [1.165, 1.54) is 6.42 Å². The van der Waals surface area contributed by atoms with Gasteiger partial charge in [0, 0.05) is 0 Å². The molecule has 0 bridgehead atoms. The third kappa shape index (κ3) is 3.67. The number of hydrogen-bond acceptors (Lipinski definition) is 5. The smallest absolute Gasteiger partial charge is 0.360 e. The molecule has 1 fully saturated rings. The quantitative estimate of drug-likeness (QED) is 0.637. The van der Waals surface area contributed by atoms with E-state index < -0.39 is 5.97 Å².